The molecule has 6 nitrogen and oxygen atoms in total. The molecule has 0 bridgehead atoms. The van der Waals surface area contributed by atoms with Crippen LogP contribution in [0.25, 0.3) is 32.2 Å². The van der Waals surface area contributed by atoms with E-state index in [-0.39, 0.29) is 12.0 Å². The molecule has 0 aliphatic carbocycles. The van der Waals surface area contributed by atoms with Crippen LogP contribution >= 0.6 is 11.3 Å². The van der Waals surface area contributed by atoms with E-state index in [2.05, 4.69) is 25.1 Å². The lowest BCUT2D eigenvalue weighted by molar-refractivity contribution is 0.122. The summed E-state index contributed by atoms with van der Waals surface area (Å²) in [6, 6.07) is 10.2. The van der Waals surface area contributed by atoms with Crippen molar-refractivity contribution in [3.8, 4) is 11.3 Å². The van der Waals surface area contributed by atoms with E-state index in [0.717, 1.165) is 34.9 Å². The highest BCUT2D eigenvalue weighted by Crippen LogP contribution is 2.33. The summed E-state index contributed by atoms with van der Waals surface area (Å²) in [4.78, 5) is 11.0. The molecule has 3 aromatic heterocycles. The van der Waals surface area contributed by atoms with Crippen molar-refractivity contribution >= 4 is 38.0 Å². The molecule has 2 aromatic carbocycles. The van der Waals surface area contributed by atoms with E-state index >= 15 is 4.39 Å². The fourth-order valence-corrected chi connectivity index (χ4v) is 5.14. The van der Waals surface area contributed by atoms with Gasteiger partial charge in [-0.1, -0.05) is 0 Å². The second-order valence-corrected chi connectivity index (χ2v) is 9.06. The molecule has 1 aliphatic heterocycles. The fraction of sp³-hybridized carbons (Fsp3) is 0.200. The molecule has 0 radical (unpaired) electrons. The lowest BCUT2D eigenvalue weighted by atomic mass is 9.99. The first-order valence-electron chi connectivity index (χ1n) is 10.9. The smallest absolute Gasteiger partial charge is 0.135 e. The molecule has 170 valence electrons. The first kappa shape index (κ1) is 21.0. The molecule has 0 unspecified atom stereocenters. The van der Waals surface area contributed by atoms with E-state index in [0.29, 0.717) is 41.1 Å². The molecule has 0 amide bonds. The lowest BCUT2D eigenvalue weighted by Crippen LogP contribution is -2.36. The van der Waals surface area contributed by atoms with Gasteiger partial charge in [0.05, 0.1) is 41.0 Å². The summed E-state index contributed by atoms with van der Waals surface area (Å²) in [5, 5.41) is 11.8. The zero-order valence-corrected chi connectivity index (χ0v) is 18.9. The number of fused-ring (bicyclic) bond motifs is 2. The third kappa shape index (κ3) is 3.76. The van der Waals surface area contributed by atoms with Crippen LogP contribution in [0, 0.1) is 11.6 Å². The van der Waals surface area contributed by atoms with Crippen LogP contribution < -0.4 is 4.90 Å². The summed E-state index contributed by atoms with van der Waals surface area (Å²) in [5.74, 6) is -1.29. The van der Waals surface area contributed by atoms with Crippen molar-refractivity contribution in [2.75, 3.05) is 31.2 Å². The topological polar surface area (TPSA) is 64.0 Å². The first-order valence-corrected chi connectivity index (χ1v) is 11.8. The van der Waals surface area contributed by atoms with Crippen molar-refractivity contribution < 1.29 is 13.5 Å². The maximum atomic E-state index is 15.0. The van der Waals surface area contributed by atoms with Crippen LogP contribution in [0.15, 0.2) is 54.3 Å². The summed E-state index contributed by atoms with van der Waals surface area (Å²) in [7, 11) is 0. The Balaban J connectivity index is 1.42. The number of thiophene rings is 1. The van der Waals surface area contributed by atoms with Crippen molar-refractivity contribution in [2.24, 2.45) is 0 Å². The van der Waals surface area contributed by atoms with Gasteiger partial charge in [-0.2, -0.15) is 10.2 Å². The van der Waals surface area contributed by atoms with E-state index in [1.807, 2.05) is 29.6 Å². The molecule has 4 heterocycles. The molecule has 5 aromatic rings. The van der Waals surface area contributed by atoms with Gasteiger partial charge in [-0.3, -0.25) is 0 Å². The van der Waals surface area contributed by atoms with Gasteiger partial charge in [-0.05, 0) is 41.3 Å². The number of ether oxygens (including phenoxy) is 1. The fourth-order valence-electron chi connectivity index (χ4n) is 4.36. The number of halogens is 2. The van der Waals surface area contributed by atoms with Crippen LogP contribution in [0.2, 0.25) is 0 Å². The van der Waals surface area contributed by atoms with Gasteiger partial charge in [0, 0.05) is 47.6 Å². The monoisotopic (exact) mass is 475 g/mol. The van der Waals surface area contributed by atoms with E-state index in [4.69, 9.17) is 4.74 Å². The van der Waals surface area contributed by atoms with Crippen LogP contribution in [-0.2, 0) is 11.2 Å². The highest BCUT2D eigenvalue weighted by atomic mass is 32.1. The molecule has 1 aliphatic rings. The lowest BCUT2D eigenvalue weighted by Gasteiger charge is -2.29. The maximum Gasteiger partial charge on any atom is 0.135 e. The number of hydrogen-bond donors (Lipinski definition) is 0. The van der Waals surface area contributed by atoms with Crippen LogP contribution in [0.5, 0.6) is 0 Å². The van der Waals surface area contributed by atoms with Gasteiger partial charge in [0.1, 0.15) is 18.0 Å². The predicted octanol–water partition coefficient (Wildman–Crippen LogP) is 5.01. The van der Waals surface area contributed by atoms with Gasteiger partial charge < -0.3 is 9.64 Å². The Bertz CT molecular complexity index is 1520. The van der Waals surface area contributed by atoms with Crippen LogP contribution in [0.4, 0.5) is 14.5 Å². The molecule has 9 heteroatoms. The number of rotatable bonds is 4. The Kier molecular flexibility index (Phi) is 5.35. The van der Waals surface area contributed by atoms with Crippen molar-refractivity contribution in [1.29, 1.82) is 0 Å². The predicted molar refractivity (Wildman–Crippen MR) is 128 cm³/mol. The highest BCUT2D eigenvalue weighted by Gasteiger charge is 2.18. The van der Waals surface area contributed by atoms with Gasteiger partial charge >= 0.3 is 0 Å². The van der Waals surface area contributed by atoms with E-state index in [9.17, 15) is 4.39 Å². The van der Waals surface area contributed by atoms with Gasteiger partial charge in [-0.25, -0.2) is 18.7 Å². The minimum atomic E-state index is -0.668. The Morgan fingerprint density at radius 1 is 0.971 bits per heavy atom. The SMILES string of the molecule is Fc1cc(F)c(-c2ncnc3cc(N4CCOCC4)ccc23)cc1Cc1nncc2sccc12. The summed E-state index contributed by atoms with van der Waals surface area (Å²) in [5.41, 5.74) is 3.38. The van der Waals surface area contributed by atoms with Gasteiger partial charge in [0.15, 0.2) is 0 Å². The van der Waals surface area contributed by atoms with Gasteiger partial charge in [-0.15, -0.1) is 11.3 Å². The average Bonchev–Trinajstić information content (AvgIpc) is 3.36. The first-order chi connectivity index (χ1) is 16.7. The van der Waals surface area contributed by atoms with Crippen LogP contribution in [0.1, 0.15) is 11.3 Å². The largest absolute Gasteiger partial charge is 0.378 e. The Hall–Kier alpha value is -3.56. The number of hydrogen-bond acceptors (Lipinski definition) is 7. The number of nitrogens with zero attached hydrogens (tertiary/aromatic N) is 5. The number of aromatic nitrogens is 4. The van der Waals surface area contributed by atoms with E-state index < -0.39 is 11.6 Å². The molecule has 6 rings (SSSR count). The Labute approximate surface area is 197 Å². The maximum absolute atomic E-state index is 15.0. The van der Waals surface area contributed by atoms with Crippen molar-refractivity contribution in [1.82, 2.24) is 20.2 Å². The molecule has 1 saturated heterocycles. The minimum Gasteiger partial charge on any atom is -0.378 e. The molecule has 0 saturated carbocycles. The zero-order valence-electron chi connectivity index (χ0n) is 18.0. The molecule has 0 N–H and O–H groups in total. The molecule has 34 heavy (non-hydrogen) atoms. The van der Waals surface area contributed by atoms with Crippen LogP contribution in [-0.4, -0.2) is 46.5 Å². The average molecular weight is 476 g/mol. The van der Waals surface area contributed by atoms with Crippen LogP contribution in [0.3, 0.4) is 0 Å². The number of morpholine rings is 1. The van der Waals surface area contributed by atoms with Crippen molar-refractivity contribution in [3.05, 3.63) is 77.2 Å². The summed E-state index contributed by atoms with van der Waals surface area (Å²) in [6.45, 7) is 2.97. The normalized spacial score (nSPS) is 14.2. The summed E-state index contributed by atoms with van der Waals surface area (Å²) in [6.07, 6.45) is 3.30. The van der Waals surface area contributed by atoms with Crippen molar-refractivity contribution in [3.63, 3.8) is 0 Å². The minimum absolute atomic E-state index is 0.199. The van der Waals surface area contributed by atoms with Gasteiger partial charge in [0.2, 0.25) is 0 Å². The second-order valence-electron chi connectivity index (χ2n) is 8.11. The standard InChI is InChI=1S/C25H19F2N5OS/c26-20-12-21(27)19(9-15(20)10-23-17-3-8-34-24(17)13-30-31-23)25-18-2-1-16(11-22(18)28-14-29-25)32-4-6-33-7-5-32/h1-3,8-9,11-14H,4-7,10H2. The summed E-state index contributed by atoms with van der Waals surface area (Å²) >= 11 is 1.55. The molecule has 0 atom stereocenters. The zero-order chi connectivity index (χ0) is 23.1. The van der Waals surface area contributed by atoms with E-state index in [1.165, 1.54) is 12.4 Å². The number of benzene rings is 2. The molecule has 0 spiro atoms. The Morgan fingerprint density at radius 3 is 2.74 bits per heavy atom. The quantitative estimate of drug-likeness (QED) is 0.364. The number of anilines is 1. The van der Waals surface area contributed by atoms with Crippen molar-refractivity contribution in [2.45, 2.75) is 6.42 Å². The highest BCUT2D eigenvalue weighted by molar-refractivity contribution is 7.17. The summed E-state index contributed by atoms with van der Waals surface area (Å²) < 4.78 is 36.2. The Morgan fingerprint density at radius 2 is 1.85 bits per heavy atom. The van der Waals surface area contributed by atoms with E-state index in [1.54, 1.807) is 17.5 Å². The molecule has 1 fully saturated rings. The second kappa shape index (κ2) is 8.66. The third-order valence-electron chi connectivity index (χ3n) is 6.10. The van der Waals surface area contributed by atoms with Gasteiger partial charge in [0.25, 0.3) is 0 Å². The molecular formula is C25H19F2N5OS. The molecular weight excluding hydrogens is 456 g/mol. The third-order valence-corrected chi connectivity index (χ3v) is 6.96.